The maximum Gasteiger partial charge on any atom is 0.241 e. The van der Waals surface area contributed by atoms with Gasteiger partial charge in [-0.3, -0.25) is 0 Å². The fourth-order valence-corrected chi connectivity index (χ4v) is 2.83. The first kappa shape index (κ1) is 12.8. The van der Waals surface area contributed by atoms with Crippen molar-refractivity contribution in [2.75, 3.05) is 6.54 Å². The van der Waals surface area contributed by atoms with Crippen molar-refractivity contribution < 1.29 is 8.42 Å². The Bertz CT molecular complexity index is 650. The summed E-state index contributed by atoms with van der Waals surface area (Å²) in [6.45, 7) is 0.106. The van der Waals surface area contributed by atoms with Crippen LogP contribution in [0.3, 0.4) is 0 Å². The molecule has 0 unspecified atom stereocenters. The molecule has 0 aliphatic rings. The van der Waals surface area contributed by atoms with Crippen LogP contribution in [0.5, 0.6) is 0 Å². The van der Waals surface area contributed by atoms with Gasteiger partial charge in [0.25, 0.3) is 0 Å². The zero-order chi connectivity index (χ0) is 12.8. The van der Waals surface area contributed by atoms with Gasteiger partial charge in [0.05, 0.1) is 16.3 Å². The van der Waals surface area contributed by atoms with E-state index in [-0.39, 0.29) is 11.4 Å². The summed E-state index contributed by atoms with van der Waals surface area (Å²) < 4.78 is 26.1. The molecular formula is C13H11NO2S2. The van der Waals surface area contributed by atoms with Crippen molar-refractivity contribution in [1.29, 1.82) is 0 Å². The van der Waals surface area contributed by atoms with Crippen LogP contribution in [0.2, 0.25) is 0 Å². The second-order valence-electron chi connectivity index (χ2n) is 3.42. The molecule has 92 valence electrons. The summed E-state index contributed by atoms with van der Waals surface area (Å²) in [5.74, 6) is 5.67. The van der Waals surface area contributed by atoms with Crippen LogP contribution in [0.25, 0.3) is 0 Å². The molecule has 0 atom stereocenters. The maximum atomic E-state index is 11.8. The summed E-state index contributed by atoms with van der Waals surface area (Å²) in [5.41, 5.74) is 0. The predicted molar refractivity (Wildman–Crippen MR) is 72.8 cm³/mol. The fourth-order valence-electron chi connectivity index (χ4n) is 1.30. The van der Waals surface area contributed by atoms with Gasteiger partial charge in [0.1, 0.15) is 0 Å². The number of hydrogen-bond donors (Lipinski definition) is 1. The molecule has 18 heavy (non-hydrogen) atoms. The van der Waals surface area contributed by atoms with E-state index in [1.807, 2.05) is 17.5 Å². The van der Waals surface area contributed by atoms with E-state index in [0.717, 1.165) is 4.88 Å². The molecule has 1 N–H and O–H groups in total. The van der Waals surface area contributed by atoms with Crippen LogP contribution in [-0.2, 0) is 10.0 Å². The van der Waals surface area contributed by atoms with Crippen molar-refractivity contribution in [3.8, 4) is 11.8 Å². The summed E-state index contributed by atoms with van der Waals surface area (Å²) in [5, 5.41) is 1.93. The van der Waals surface area contributed by atoms with Gasteiger partial charge in [-0.1, -0.05) is 36.1 Å². The van der Waals surface area contributed by atoms with Crippen LogP contribution >= 0.6 is 11.3 Å². The topological polar surface area (TPSA) is 46.2 Å². The Morgan fingerprint density at radius 2 is 1.89 bits per heavy atom. The lowest BCUT2D eigenvalue weighted by Gasteiger charge is -2.02. The summed E-state index contributed by atoms with van der Waals surface area (Å²) >= 11 is 1.53. The number of thiophene rings is 1. The third-order valence-corrected chi connectivity index (χ3v) is 4.34. The molecule has 3 nitrogen and oxygen atoms in total. The van der Waals surface area contributed by atoms with Gasteiger partial charge in [0.15, 0.2) is 0 Å². The second kappa shape index (κ2) is 5.83. The largest absolute Gasteiger partial charge is 0.241 e. The van der Waals surface area contributed by atoms with Gasteiger partial charge in [0, 0.05) is 0 Å². The van der Waals surface area contributed by atoms with Gasteiger partial charge < -0.3 is 0 Å². The van der Waals surface area contributed by atoms with Gasteiger partial charge in [-0.15, -0.1) is 11.3 Å². The van der Waals surface area contributed by atoms with Crippen LogP contribution in [0.1, 0.15) is 4.88 Å². The third kappa shape index (κ3) is 3.44. The molecule has 1 aromatic carbocycles. The highest BCUT2D eigenvalue weighted by Gasteiger charge is 2.10. The standard InChI is InChI=1S/C13H11NO2S2/c15-18(16,13-8-2-1-3-9-13)14-10-4-6-12-7-5-11-17-12/h1-3,5,7-9,11,14H,10H2. The highest BCUT2D eigenvalue weighted by atomic mass is 32.2. The van der Waals surface area contributed by atoms with E-state index in [1.54, 1.807) is 30.3 Å². The minimum atomic E-state index is -3.45. The third-order valence-electron chi connectivity index (χ3n) is 2.14. The summed E-state index contributed by atoms with van der Waals surface area (Å²) in [6.07, 6.45) is 0. The monoisotopic (exact) mass is 277 g/mol. The normalized spacial score (nSPS) is 10.7. The van der Waals surface area contributed by atoms with Gasteiger partial charge in [-0.05, 0) is 23.6 Å². The molecule has 0 spiro atoms. The highest BCUT2D eigenvalue weighted by Crippen LogP contribution is 2.07. The van der Waals surface area contributed by atoms with Crippen molar-refractivity contribution in [2.45, 2.75) is 4.90 Å². The lowest BCUT2D eigenvalue weighted by atomic mass is 10.4. The average molecular weight is 277 g/mol. The van der Waals surface area contributed by atoms with Crippen LogP contribution in [0.4, 0.5) is 0 Å². The molecule has 0 amide bonds. The van der Waals surface area contributed by atoms with Crippen molar-refractivity contribution in [3.63, 3.8) is 0 Å². The zero-order valence-electron chi connectivity index (χ0n) is 9.46. The predicted octanol–water partition coefficient (Wildman–Crippen LogP) is 2.08. The summed E-state index contributed by atoms with van der Waals surface area (Å²) in [7, 11) is -3.45. The minimum absolute atomic E-state index is 0.106. The van der Waals surface area contributed by atoms with E-state index >= 15 is 0 Å². The van der Waals surface area contributed by atoms with Crippen LogP contribution in [-0.4, -0.2) is 15.0 Å². The Morgan fingerprint density at radius 1 is 1.11 bits per heavy atom. The Morgan fingerprint density at radius 3 is 2.56 bits per heavy atom. The van der Waals surface area contributed by atoms with E-state index in [2.05, 4.69) is 16.6 Å². The SMILES string of the molecule is O=S(=O)(NCC#Cc1cccs1)c1ccccc1. The smallest absolute Gasteiger partial charge is 0.207 e. The first-order chi connectivity index (χ1) is 8.68. The van der Waals surface area contributed by atoms with Gasteiger partial charge in [-0.2, -0.15) is 4.72 Å². The zero-order valence-corrected chi connectivity index (χ0v) is 11.1. The molecule has 0 fully saturated rings. The molecule has 0 aliphatic carbocycles. The quantitative estimate of drug-likeness (QED) is 0.873. The molecule has 0 radical (unpaired) electrons. The number of benzene rings is 1. The van der Waals surface area contributed by atoms with E-state index in [4.69, 9.17) is 0 Å². The average Bonchev–Trinajstić information content (AvgIpc) is 2.89. The Kier molecular flexibility index (Phi) is 4.15. The van der Waals surface area contributed by atoms with Crippen LogP contribution < -0.4 is 4.72 Å². The molecule has 0 saturated carbocycles. The molecule has 0 bridgehead atoms. The lowest BCUT2D eigenvalue weighted by Crippen LogP contribution is -2.23. The Balaban J connectivity index is 1.98. The second-order valence-corrected chi connectivity index (χ2v) is 6.13. The van der Waals surface area contributed by atoms with Crippen molar-refractivity contribution >= 4 is 21.4 Å². The minimum Gasteiger partial charge on any atom is -0.207 e. The van der Waals surface area contributed by atoms with Crippen LogP contribution in [0.15, 0.2) is 52.7 Å². The van der Waals surface area contributed by atoms with Crippen LogP contribution in [0, 0.1) is 11.8 Å². The number of nitrogens with one attached hydrogen (secondary N) is 1. The maximum absolute atomic E-state index is 11.8. The van der Waals surface area contributed by atoms with Gasteiger partial charge in [-0.25, -0.2) is 8.42 Å². The van der Waals surface area contributed by atoms with Gasteiger partial charge in [0.2, 0.25) is 10.0 Å². The summed E-state index contributed by atoms with van der Waals surface area (Å²) in [4.78, 5) is 1.18. The molecule has 5 heteroatoms. The lowest BCUT2D eigenvalue weighted by molar-refractivity contribution is 0.586. The van der Waals surface area contributed by atoms with Crippen molar-refractivity contribution in [3.05, 3.63) is 52.7 Å². The van der Waals surface area contributed by atoms with E-state index in [9.17, 15) is 8.42 Å². The molecule has 0 saturated heterocycles. The fraction of sp³-hybridized carbons (Fsp3) is 0.0769. The van der Waals surface area contributed by atoms with Gasteiger partial charge >= 0.3 is 0 Å². The molecule has 2 rings (SSSR count). The first-order valence-electron chi connectivity index (χ1n) is 5.25. The molecule has 0 aliphatic heterocycles. The first-order valence-corrected chi connectivity index (χ1v) is 7.62. The van der Waals surface area contributed by atoms with Crippen molar-refractivity contribution in [2.24, 2.45) is 0 Å². The highest BCUT2D eigenvalue weighted by molar-refractivity contribution is 7.89. The van der Waals surface area contributed by atoms with Crippen molar-refractivity contribution in [1.82, 2.24) is 4.72 Å². The number of sulfonamides is 1. The number of hydrogen-bond acceptors (Lipinski definition) is 3. The Labute approximate surface area is 111 Å². The summed E-state index contributed by atoms with van der Waals surface area (Å²) in [6, 6.07) is 12.0. The number of rotatable bonds is 3. The van der Waals surface area contributed by atoms with E-state index in [1.165, 1.54) is 11.3 Å². The van der Waals surface area contributed by atoms with E-state index in [0.29, 0.717) is 0 Å². The molecule has 1 heterocycles. The Hall–Kier alpha value is -1.61. The molecule has 1 aromatic heterocycles. The molecule has 2 aromatic rings. The van der Waals surface area contributed by atoms with E-state index < -0.39 is 10.0 Å². The molecular weight excluding hydrogens is 266 g/mol.